The lowest BCUT2D eigenvalue weighted by Gasteiger charge is -2.17. The number of hydrogen-bond acceptors (Lipinski definition) is 4. The summed E-state index contributed by atoms with van der Waals surface area (Å²) in [5.41, 5.74) is 5.57. The number of rotatable bonds is 4. The molecular weight excluding hydrogens is 302 g/mol. The summed E-state index contributed by atoms with van der Waals surface area (Å²) in [5, 5.41) is 13.2. The van der Waals surface area contributed by atoms with Crippen LogP contribution in [0.2, 0.25) is 0 Å². The Morgan fingerprint density at radius 1 is 1.56 bits per heavy atom. The smallest absolute Gasteiger partial charge is 0.270 e. The van der Waals surface area contributed by atoms with E-state index in [4.69, 9.17) is 5.73 Å². The molecule has 0 saturated carbocycles. The van der Waals surface area contributed by atoms with E-state index in [0.717, 1.165) is 0 Å². The number of carbonyl (C=O) groups excluding carboxylic acids is 1. The van der Waals surface area contributed by atoms with E-state index in [1.165, 1.54) is 18.2 Å². The molecule has 1 aromatic carbocycles. The molecule has 0 unspecified atom stereocenters. The van der Waals surface area contributed by atoms with Crippen LogP contribution in [0.5, 0.6) is 0 Å². The van der Waals surface area contributed by atoms with Gasteiger partial charge in [0.1, 0.15) is 0 Å². The van der Waals surface area contributed by atoms with Crippen LogP contribution in [0.15, 0.2) is 22.7 Å². The van der Waals surface area contributed by atoms with Crippen molar-refractivity contribution in [1.29, 1.82) is 0 Å². The zero-order valence-corrected chi connectivity index (χ0v) is 11.7. The lowest BCUT2D eigenvalue weighted by molar-refractivity contribution is -0.384. The maximum absolute atomic E-state index is 11.7. The van der Waals surface area contributed by atoms with Crippen molar-refractivity contribution in [2.45, 2.75) is 25.8 Å². The second-order valence-corrected chi connectivity index (χ2v) is 5.49. The number of benzene rings is 1. The Morgan fingerprint density at radius 2 is 2.17 bits per heavy atom. The van der Waals surface area contributed by atoms with Crippen molar-refractivity contribution >= 4 is 33.2 Å². The van der Waals surface area contributed by atoms with Crippen molar-refractivity contribution in [1.82, 2.24) is 0 Å². The standard InChI is InChI=1S/C11H14BrN3O3/c1-11(2,13)6-10(16)14-9-4-3-7(15(17)18)5-8(9)12/h3-5H,6,13H2,1-2H3,(H,14,16). The van der Waals surface area contributed by atoms with Gasteiger partial charge in [0.15, 0.2) is 0 Å². The van der Waals surface area contributed by atoms with Crippen molar-refractivity contribution < 1.29 is 9.72 Å². The highest BCUT2D eigenvalue weighted by molar-refractivity contribution is 9.10. The Kier molecular flexibility index (Phi) is 4.42. The number of nitrogens with zero attached hydrogens (tertiary/aromatic N) is 1. The van der Waals surface area contributed by atoms with Crippen molar-refractivity contribution in [3.8, 4) is 0 Å². The van der Waals surface area contributed by atoms with Crippen LogP contribution in [0, 0.1) is 10.1 Å². The number of halogens is 1. The summed E-state index contributed by atoms with van der Waals surface area (Å²) in [6, 6.07) is 4.14. The molecule has 0 aliphatic carbocycles. The monoisotopic (exact) mass is 315 g/mol. The third kappa shape index (κ3) is 4.42. The van der Waals surface area contributed by atoms with Gasteiger partial charge in [0.25, 0.3) is 5.69 Å². The average Bonchev–Trinajstić information content (AvgIpc) is 2.17. The highest BCUT2D eigenvalue weighted by Crippen LogP contribution is 2.27. The van der Waals surface area contributed by atoms with Crippen molar-refractivity contribution in [3.63, 3.8) is 0 Å². The Balaban J connectivity index is 2.80. The Hall–Kier alpha value is -1.47. The van der Waals surface area contributed by atoms with Gasteiger partial charge in [-0.2, -0.15) is 0 Å². The lowest BCUT2D eigenvalue weighted by atomic mass is 10.0. The van der Waals surface area contributed by atoms with Crippen LogP contribution in [-0.4, -0.2) is 16.4 Å². The molecule has 0 heterocycles. The number of nitro groups is 1. The fourth-order valence-electron chi connectivity index (χ4n) is 1.33. The molecule has 0 spiro atoms. The molecule has 0 radical (unpaired) electrons. The van der Waals surface area contributed by atoms with E-state index >= 15 is 0 Å². The molecule has 0 bridgehead atoms. The first kappa shape index (κ1) is 14.6. The number of amides is 1. The molecule has 1 rings (SSSR count). The van der Waals surface area contributed by atoms with E-state index in [9.17, 15) is 14.9 Å². The van der Waals surface area contributed by atoms with E-state index in [1.807, 2.05) is 0 Å². The molecule has 0 atom stereocenters. The summed E-state index contributed by atoms with van der Waals surface area (Å²) >= 11 is 3.17. The number of carbonyl (C=O) groups is 1. The van der Waals surface area contributed by atoms with Crippen LogP contribution < -0.4 is 11.1 Å². The summed E-state index contributed by atoms with van der Waals surface area (Å²) < 4.78 is 0.458. The Bertz CT molecular complexity index is 483. The topological polar surface area (TPSA) is 98.3 Å². The molecule has 1 amide bonds. The first-order chi connectivity index (χ1) is 8.19. The third-order valence-corrected chi connectivity index (χ3v) is 2.71. The normalized spacial score (nSPS) is 11.1. The predicted octanol–water partition coefficient (Wildman–Crippen LogP) is 2.42. The van der Waals surface area contributed by atoms with E-state index in [1.54, 1.807) is 13.8 Å². The summed E-state index contributed by atoms with van der Waals surface area (Å²) in [4.78, 5) is 21.7. The molecule has 6 nitrogen and oxygen atoms in total. The maximum atomic E-state index is 11.7. The number of nitrogens with one attached hydrogen (secondary N) is 1. The maximum Gasteiger partial charge on any atom is 0.270 e. The molecule has 0 aliphatic rings. The highest BCUT2D eigenvalue weighted by atomic mass is 79.9. The number of nitrogens with two attached hydrogens (primary N) is 1. The largest absolute Gasteiger partial charge is 0.325 e. The Morgan fingerprint density at radius 3 is 2.61 bits per heavy atom. The van der Waals surface area contributed by atoms with Gasteiger partial charge in [-0.1, -0.05) is 0 Å². The summed E-state index contributed by atoms with van der Waals surface area (Å²) in [6.45, 7) is 3.49. The van der Waals surface area contributed by atoms with Gasteiger partial charge in [-0.05, 0) is 35.8 Å². The number of nitro benzene ring substituents is 1. The molecule has 7 heteroatoms. The highest BCUT2D eigenvalue weighted by Gasteiger charge is 2.17. The first-order valence-electron chi connectivity index (χ1n) is 5.22. The van der Waals surface area contributed by atoms with Crippen LogP contribution in [0.1, 0.15) is 20.3 Å². The van der Waals surface area contributed by atoms with Gasteiger partial charge in [0.2, 0.25) is 5.91 Å². The Labute approximate surface area is 113 Å². The SMILES string of the molecule is CC(C)(N)CC(=O)Nc1ccc([N+](=O)[O-])cc1Br. The predicted molar refractivity (Wildman–Crippen MR) is 72.3 cm³/mol. The average molecular weight is 316 g/mol. The van der Waals surface area contributed by atoms with Crippen LogP contribution in [0.3, 0.4) is 0 Å². The van der Waals surface area contributed by atoms with Crippen LogP contribution >= 0.6 is 15.9 Å². The molecule has 0 aliphatic heterocycles. The quantitative estimate of drug-likeness (QED) is 0.658. The fraction of sp³-hybridized carbons (Fsp3) is 0.364. The van der Waals surface area contributed by atoms with Crippen molar-refractivity contribution in [2.24, 2.45) is 5.73 Å². The van der Waals surface area contributed by atoms with E-state index in [2.05, 4.69) is 21.2 Å². The molecule has 1 aromatic rings. The summed E-state index contributed by atoms with van der Waals surface area (Å²) in [6.07, 6.45) is 0.163. The van der Waals surface area contributed by atoms with Crippen molar-refractivity contribution in [2.75, 3.05) is 5.32 Å². The second kappa shape index (κ2) is 5.45. The second-order valence-electron chi connectivity index (χ2n) is 4.63. The molecular formula is C11H14BrN3O3. The molecule has 0 aromatic heterocycles. The molecule has 3 N–H and O–H groups in total. The molecule has 18 heavy (non-hydrogen) atoms. The van der Waals surface area contributed by atoms with Gasteiger partial charge >= 0.3 is 0 Å². The zero-order valence-electron chi connectivity index (χ0n) is 10.1. The van der Waals surface area contributed by atoms with Gasteiger partial charge in [-0.3, -0.25) is 14.9 Å². The summed E-state index contributed by atoms with van der Waals surface area (Å²) in [5.74, 6) is -0.239. The van der Waals surface area contributed by atoms with Crippen LogP contribution in [0.4, 0.5) is 11.4 Å². The van der Waals surface area contributed by atoms with Crippen LogP contribution in [0.25, 0.3) is 0 Å². The first-order valence-corrected chi connectivity index (χ1v) is 6.01. The molecule has 0 fully saturated rings. The third-order valence-electron chi connectivity index (χ3n) is 2.05. The van der Waals surface area contributed by atoms with E-state index < -0.39 is 10.5 Å². The minimum absolute atomic E-state index is 0.0426. The van der Waals surface area contributed by atoms with Gasteiger partial charge in [0.05, 0.1) is 10.6 Å². The molecule has 0 saturated heterocycles. The number of hydrogen-bond donors (Lipinski definition) is 2. The zero-order chi connectivity index (χ0) is 13.9. The molecule has 98 valence electrons. The minimum Gasteiger partial charge on any atom is -0.325 e. The fourth-order valence-corrected chi connectivity index (χ4v) is 1.79. The van der Waals surface area contributed by atoms with E-state index in [-0.39, 0.29) is 18.0 Å². The summed E-state index contributed by atoms with van der Waals surface area (Å²) in [7, 11) is 0. The number of anilines is 1. The van der Waals surface area contributed by atoms with Crippen LogP contribution in [-0.2, 0) is 4.79 Å². The minimum atomic E-state index is -0.600. The lowest BCUT2D eigenvalue weighted by Crippen LogP contribution is -2.36. The van der Waals surface area contributed by atoms with Gasteiger partial charge in [-0.25, -0.2) is 0 Å². The number of non-ortho nitro benzene ring substituents is 1. The van der Waals surface area contributed by atoms with Gasteiger partial charge in [-0.15, -0.1) is 0 Å². The van der Waals surface area contributed by atoms with E-state index in [0.29, 0.717) is 10.2 Å². The van der Waals surface area contributed by atoms with Crippen molar-refractivity contribution in [3.05, 3.63) is 32.8 Å². The van der Waals surface area contributed by atoms with Gasteiger partial charge < -0.3 is 11.1 Å². The van der Waals surface area contributed by atoms with Gasteiger partial charge in [0, 0.05) is 28.6 Å².